The van der Waals surface area contributed by atoms with E-state index < -0.39 is 0 Å². The lowest BCUT2D eigenvalue weighted by atomic mass is 9.92. The third-order valence-electron chi connectivity index (χ3n) is 3.95. The first-order valence-corrected chi connectivity index (χ1v) is 5.68. The molecule has 2 rings (SSSR count). The minimum atomic E-state index is -0.154. The Kier molecular flexibility index (Phi) is 2.11. The standard InChI is InChI=1S/C11H20N2O/c1-3-13(4-2)9(14)10(5-6-10)11(12)7-8-11/h3-8,12H2,1-2H3. The Bertz CT molecular complexity index is 250. The molecule has 3 heteroatoms. The molecule has 0 heterocycles. The van der Waals surface area contributed by atoms with Crippen LogP contribution in [-0.4, -0.2) is 29.4 Å². The predicted molar refractivity (Wildman–Crippen MR) is 55.7 cm³/mol. The van der Waals surface area contributed by atoms with E-state index in [0.29, 0.717) is 5.91 Å². The van der Waals surface area contributed by atoms with Gasteiger partial charge >= 0.3 is 0 Å². The van der Waals surface area contributed by atoms with Crippen LogP contribution < -0.4 is 5.73 Å². The van der Waals surface area contributed by atoms with Crippen molar-refractivity contribution in [2.24, 2.45) is 11.1 Å². The summed E-state index contributed by atoms with van der Waals surface area (Å²) in [6, 6.07) is 0. The third-order valence-corrected chi connectivity index (χ3v) is 3.95. The normalized spacial score (nSPS) is 25.6. The highest BCUT2D eigenvalue weighted by Gasteiger charge is 2.68. The zero-order valence-corrected chi connectivity index (χ0v) is 9.18. The van der Waals surface area contributed by atoms with Crippen molar-refractivity contribution in [2.45, 2.75) is 45.1 Å². The number of nitrogens with two attached hydrogens (primary N) is 1. The molecule has 2 saturated carbocycles. The number of rotatable bonds is 4. The van der Waals surface area contributed by atoms with Gasteiger partial charge in [0.15, 0.2) is 0 Å². The lowest BCUT2D eigenvalue weighted by Crippen LogP contribution is -2.47. The van der Waals surface area contributed by atoms with Gasteiger partial charge in [-0.15, -0.1) is 0 Å². The highest BCUT2D eigenvalue weighted by Crippen LogP contribution is 2.63. The molecule has 2 fully saturated rings. The Balaban J connectivity index is 2.11. The maximum absolute atomic E-state index is 12.2. The number of carbonyl (C=O) groups excluding carboxylic acids is 1. The maximum Gasteiger partial charge on any atom is 0.230 e. The lowest BCUT2D eigenvalue weighted by molar-refractivity contribution is -0.137. The van der Waals surface area contributed by atoms with Crippen molar-refractivity contribution in [1.29, 1.82) is 0 Å². The van der Waals surface area contributed by atoms with Crippen molar-refractivity contribution >= 4 is 5.91 Å². The van der Waals surface area contributed by atoms with Crippen LogP contribution in [0.2, 0.25) is 0 Å². The van der Waals surface area contributed by atoms with E-state index in [0.717, 1.165) is 38.8 Å². The molecule has 2 aliphatic carbocycles. The molecule has 0 spiro atoms. The average molecular weight is 196 g/mol. The van der Waals surface area contributed by atoms with Gasteiger partial charge in [-0.3, -0.25) is 4.79 Å². The van der Waals surface area contributed by atoms with Crippen LogP contribution >= 0.6 is 0 Å². The second-order valence-corrected chi connectivity index (χ2v) is 4.72. The molecule has 0 bridgehead atoms. The number of nitrogens with zero attached hydrogens (tertiary/aromatic N) is 1. The van der Waals surface area contributed by atoms with E-state index in [9.17, 15) is 4.79 Å². The molecule has 2 N–H and O–H groups in total. The van der Waals surface area contributed by atoms with Crippen LogP contribution in [-0.2, 0) is 4.79 Å². The van der Waals surface area contributed by atoms with Crippen LogP contribution in [0, 0.1) is 5.41 Å². The molecule has 0 aromatic carbocycles. The van der Waals surface area contributed by atoms with Crippen molar-refractivity contribution in [1.82, 2.24) is 4.90 Å². The van der Waals surface area contributed by atoms with Crippen LogP contribution in [0.15, 0.2) is 0 Å². The maximum atomic E-state index is 12.2. The van der Waals surface area contributed by atoms with Crippen LogP contribution in [0.1, 0.15) is 39.5 Å². The summed E-state index contributed by atoms with van der Waals surface area (Å²) in [7, 11) is 0. The summed E-state index contributed by atoms with van der Waals surface area (Å²) in [4.78, 5) is 14.2. The first-order chi connectivity index (χ1) is 6.59. The summed E-state index contributed by atoms with van der Waals surface area (Å²) < 4.78 is 0. The largest absolute Gasteiger partial charge is 0.343 e. The Morgan fingerprint density at radius 2 is 1.71 bits per heavy atom. The monoisotopic (exact) mass is 196 g/mol. The minimum absolute atomic E-state index is 0.132. The molecule has 0 aliphatic heterocycles. The summed E-state index contributed by atoms with van der Waals surface area (Å²) in [5.41, 5.74) is 5.90. The third kappa shape index (κ3) is 1.18. The van der Waals surface area contributed by atoms with E-state index in [2.05, 4.69) is 0 Å². The summed E-state index contributed by atoms with van der Waals surface area (Å²) in [6.45, 7) is 5.70. The summed E-state index contributed by atoms with van der Waals surface area (Å²) in [5.74, 6) is 0.308. The molecule has 0 radical (unpaired) electrons. The van der Waals surface area contributed by atoms with Crippen LogP contribution in [0.4, 0.5) is 0 Å². The van der Waals surface area contributed by atoms with E-state index in [1.807, 2.05) is 18.7 Å². The van der Waals surface area contributed by atoms with Gasteiger partial charge in [0.25, 0.3) is 0 Å². The first kappa shape index (κ1) is 9.97. The predicted octanol–water partition coefficient (Wildman–Crippen LogP) is 1.13. The molecule has 3 nitrogen and oxygen atoms in total. The van der Waals surface area contributed by atoms with Gasteiger partial charge in [-0.2, -0.15) is 0 Å². The molecular formula is C11H20N2O. The van der Waals surface area contributed by atoms with Gasteiger partial charge in [0.1, 0.15) is 0 Å². The molecule has 0 saturated heterocycles. The van der Waals surface area contributed by atoms with Gasteiger partial charge in [-0.1, -0.05) is 0 Å². The minimum Gasteiger partial charge on any atom is -0.343 e. The fourth-order valence-electron chi connectivity index (χ4n) is 2.48. The average Bonchev–Trinajstić information content (AvgIpc) is 3.01. The van der Waals surface area contributed by atoms with Gasteiger partial charge in [-0.05, 0) is 39.5 Å². The van der Waals surface area contributed by atoms with E-state index >= 15 is 0 Å². The Morgan fingerprint density at radius 1 is 1.21 bits per heavy atom. The zero-order chi connectivity index (χ0) is 10.4. The summed E-state index contributed by atoms with van der Waals surface area (Å²) in [6.07, 6.45) is 4.11. The van der Waals surface area contributed by atoms with Crippen molar-refractivity contribution in [3.05, 3.63) is 0 Å². The Labute approximate surface area is 85.6 Å². The zero-order valence-electron chi connectivity index (χ0n) is 9.18. The topological polar surface area (TPSA) is 46.3 Å². The highest BCUT2D eigenvalue weighted by atomic mass is 16.2. The van der Waals surface area contributed by atoms with Gasteiger partial charge in [0.2, 0.25) is 5.91 Å². The molecule has 1 amide bonds. The van der Waals surface area contributed by atoms with E-state index in [1.54, 1.807) is 0 Å². The second kappa shape index (κ2) is 2.96. The van der Waals surface area contributed by atoms with Crippen molar-refractivity contribution in [3.63, 3.8) is 0 Å². The highest BCUT2D eigenvalue weighted by molar-refractivity contribution is 5.87. The second-order valence-electron chi connectivity index (χ2n) is 4.72. The number of hydrogen-bond acceptors (Lipinski definition) is 2. The van der Waals surface area contributed by atoms with E-state index in [1.165, 1.54) is 0 Å². The smallest absolute Gasteiger partial charge is 0.230 e. The van der Waals surface area contributed by atoms with Crippen LogP contribution in [0.3, 0.4) is 0 Å². The van der Waals surface area contributed by atoms with Gasteiger partial charge < -0.3 is 10.6 Å². The van der Waals surface area contributed by atoms with E-state index in [-0.39, 0.29) is 11.0 Å². The molecule has 80 valence electrons. The van der Waals surface area contributed by atoms with Crippen molar-refractivity contribution in [3.8, 4) is 0 Å². The fraction of sp³-hybridized carbons (Fsp3) is 0.909. The fourth-order valence-corrected chi connectivity index (χ4v) is 2.48. The van der Waals surface area contributed by atoms with Crippen molar-refractivity contribution < 1.29 is 4.79 Å². The molecule has 0 aromatic heterocycles. The lowest BCUT2D eigenvalue weighted by Gasteiger charge is -2.28. The van der Waals surface area contributed by atoms with Crippen LogP contribution in [0.5, 0.6) is 0 Å². The Morgan fingerprint density at radius 3 is 2.00 bits per heavy atom. The quantitative estimate of drug-likeness (QED) is 0.732. The number of hydrogen-bond donors (Lipinski definition) is 1. The molecule has 0 atom stereocenters. The first-order valence-electron chi connectivity index (χ1n) is 5.68. The van der Waals surface area contributed by atoms with Crippen molar-refractivity contribution in [2.75, 3.05) is 13.1 Å². The Hall–Kier alpha value is -0.570. The molecule has 2 aliphatic rings. The molecule has 0 unspecified atom stereocenters. The van der Waals surface area contributed by atoms with Crippen LogP contribution in [0.25, 0.3) is 0 Å². The van der Waals surface area contributed by atoms with E-state index in [4.69, 9.17) is 5.73 Å². The summed E-state index contributed by atoms with van der Waals surface area (Å²) >= 11 is 0. The van der Waals surface area contributed by atoms with Gasteiger partial charge in [-0.25, -0.2) is 0 Å². The van der Waals surface area contributed by atoms with Gasteiger partial charge in [0, 0.05) is 18.6 Å². The van der Waals surface area contributed by atoms with Gasteiger partial charge in [0.05, 0.1) is 5.41 Å². The number of carbonyl (C=O) groups is 1. The molecular weight excluding hydrogens is 176 g/mol. The molecule has 0 aromatic rings. The summed E-state index contributed by atoms with van der Waals surface area (Å²) in [5, 5.41) is 0. The SMILES string of the molecule is CCN(CC)C(=O)C1(C2(N)CC2)CC1. The molecule has 14 heavy (non-hydrogen) atoms. The number of amides is 1.